The summed E-state index contributed by atoms with van der Waals surface area (Å²) in [6.45, 7) is 0.293. The fourth-order valence-electron chi connectivity index (χ4n) is 4.75. The highest BCUT2D eigenvalue weighted by atomic mass is 35.5. The van der Waals surface area contributed by atoms with E-state index in [-0.39, 0.29) is 36.8 Å². The average Bonchev–Trinajstić information content (AvgIpc) is 2.88. The van der Waals surface area contributed by atoms with Crippen molar-refractivity contribution in [2.45, 2.75) is 57.2 Å². The average molecular weight is 414 g/mol. The fraction of sp³-hybridized carbons (Fsp3) is 0.579. The molecule has 0 radical (unpaired) electrons. The molecule has 2 atom stereocenters. The highest BCUT2D eigenvalue weighted by Crippen LogP contribution is 2.39. The molecule has 8 heteroatoms. The van der Waals surface area contributed by atoms with Crippen LogP contribution in [0.4, 0.5) is 0 Å². The molecule has 2 aliphatic rings. The molecule has 1 heterocycles. The number of carbonyl (C=O) groups excluding carboxylic acids is 1. The monoisotopic (exact) mass is 413 g/mol. The first-order chi connectivity index (χ1) is 12.5. The van der Waals surface area contributed by atoms with Crippen LogP contribution in [-0.4, -0.2) is 22.6 Å². The van der Waals surface area contributed by atoms with Gasteiger partial charge < -0.3 is 15.5 Å². The second kappa shape index (κ2) is 8.25. The molecule has 27 heavy (non-hydrogen) atoms. The van der Waals surface area contributed by atoms with E-state index in [2.05, 4.69) is 5.32 Å². The summed E-state index contributed by atoms with van der Waals surface area (Å²) in [5.74, 6) is 0.496. The quantitative estimate of drug-likeness (QED) is 0.805. The van der Waals surface area contributed by atoms with Crippen molar-refractivity contribution in [2.24, 2.45) is 17.6 Å². The fourth-order valence-corrected chi connectivity index (χ4v) is 4.91. The molecule has 2 fully saturated rings. The van der Waals surface area contributed by atoms with Crippen LogP contribution >= 0.6 is 24.0 Å². The number of fused-ring (bicyclic) bond motifs is 3. The van der Waals surface area contributed by atoms with Gasteiger partial charge in [-0.3, -0.25) is 9.36 Å². The summed E-state index contributed by atoms with van der Waals surface area (Å²) in [7, 11) is 0. The van der Waals surface area contributed by atoms with Crippen LogP contribution in [0.1, 0.15) is 38.5 Å². The van der Waals surface area contributed by atoms with E-state index >= 15 is 0 Å². The van der Waals surface area contributed by atoms with Crippen molar-refractivity contribution < 1.29 is 9.21 Å². The van der Waals surface area contributed by atoms with E-state index < -0.39 is 5.76 Å². The number of aromatic nitrogens is 1. The van der Waals surface area contributed by atoms with E-state index in [0.717, 1.165) is 25.7 Å². The molecule has 2 saturated carbocycles. The second-order valence-electron chi connectivity index (χ2n) is 7.66. The number of amides is 1. The van der Waals surface area contributed by atoms with Crippen LogP contribution < -0.4 is 16.8 Å². The first-order valence-corrected chi connectivity index (χ1v) is 9.73. The summed E-state index contributed by atoms with van der Waals surface area (Å²) >= 11 is 5.93. The predicted molar refractivity (Wildman–Crippen MR) is 107 cm³/mol. The maximum absolute atomic E-state index is 12.5. The third kappa shape index (κ3) is 4.18. The topological polar surface area (TPSA) is 90.3 Å². The lowest BCUT2D eigenvalue weighted by atomic mass is 9.67. The summed E-state index contributed by atoms with van der Waals surface area (Å²) in [5.41, 5.74) is 7.25. The lowest BCUT2D eigenvalue weighted by molar-refractivity contribution is -0.123. The summed E-state index contributed by atoms with van der Waals surface area (Å²) in [6.07, 6.45) is 5.75. The predicted octanol–water partition coefficient (Wildman–Crippen LogP) is 3.08. The Balaban J connectivity index is 0.00000210. The minimum absolute atomic E-state index is 0. The van der Waals surface area contributed by atoms with Gasteiger partial charge in [0.1, 0.15) is 0 Å². The maximum Gasteiger partial charge on any atom is 0.419 e. The summed E-state index contributed by atoms with van der Waals surface area (Å²) in [6, 6.07) is 5.56. The number of benzene rings is 1. The zero-order chi connectivity index (χ0) is 18.3. The Morgan fingerprint density at radius 1 is 1.30 bits per heavy atom. The van der Waals surface area contributed by atoms with Crippen LogP contribution in [0.15, 0.2) is 27.4 Å². The molecular formula is C19H25Cl2N3O3. The first kappa shape index (κ1) is 20.2. The molecule has 2 aromatic rings. The zero-order valence-electron chi connectivity index (χ0n) is 15.0. The van der Waals surface area contributed by atoms with Gasteiger partial charge in [-0.05, 0) is 49.7 Å². The van der Waals surface area contributed by atoms with Crippen molar-refractivity contribution in [3.63, 3.8) is 0 Å². The van der Waals surface area contributed by atoms with Crippen molar-refractivity contribution in [3.8, 4) is 0 Å². The molecule has 0 aliphatic heterocycles. The molecule has 6 nitrogen and oxygen atoms in total. The molecule has 0 saturated heterocycles. The standard InChI is InChI=1S/C19H24ClN3O3.ClH/c20-13-4-5-15-16(10-13)26-19(25)23(15)7-6-17(24)22-18-11-2-1-3-12(18)9-14(21)8-11;/h4-5,10-12,14,18H,1-3,6-9,21H2,(H,22,24);1H. The van der Waals surface area contributed by atoms with Gasteiger partial charge in [0.25, 0.3) is 0 Å². The Morgan fingerprint density at radius 2 is 2.00 bits per heavy atom. The lowest BCUT2D eigenvalue weighted by Crippen LogP contribution is -2.53. The summed E-state index contributed by atoms with van der Waals surface area (Å²) < 4.78 is 6.70. The number of hydrogen-bond donors (Lipinski definition) is 2. The highest BCUT2D eigenvalue weighted by Gasteiger charge is 2.39. The SMILES string of the molecule is Cl.NC1CC2CCCC(C1)C2NC(=O)CCn1c(=O)oc2cc(Cl)ccc21. The largest absolute Gasteiger partial charge is 0.419 e. The van der Waals surface area contributed by atoms with Crippen molar-refractivity contribution in [2.75, 3.05) is 0 Å². The Bertz CT molecular complexity index is 865. The Morgan fingerprint density at radius 3 is 2.70 bits per heavy atom. The number of oxazole rings is 1. The maximum atomic E-state index is 12.5. The van der Waals surface area contributed by atoms with E-state index in [4.69, 9.17) is 21.8 Å². The van der Waals surface area contributed by atoms with Crippen LogP contribution in [0.2, 0.25) is 5.02 Å². The molecule has 2 unspecified atom stereocenters. The van der Waals surface area contributed by atoms with Gasteiger partial charge in [-0.25, -0.2) is 4.79 Å². The Labute approximate surface area is 168 Å². The van der Waals surface area contributed by atoms with E-state index in [9.17, 15) is 9.59 Å². The molecule has 148 valence electrons. The number of nitrogens with two attached hydrogens (primary N) is 1. The molecule has 1 amide bonds. The van der Waals surface area contributed by atoms with E-state index in [0.29, 0.717) is 34.5 Å². The number of aryl methyl sites for hydroxylation is 1. The molecule has 2 aliphatic carbocycles. The van der Waals surface area contributed by atoms with Crippen LogP contribution in [0.25, 0.3) is 11.1 Å². The van der Waals surface area contributed by atoms with Crippen molar-refractivity contribution in [3.05, 3.63) is 33.8 Å². The van der Waals surface area contributed by atoms with Crippen molar-refractivity contribution >= 4 is 41.0 Å². The minimum atomic E-state index is -0.462. The number of halogens is 2. The highest BCUT2D eigenvalue weighted by molar-refractivity contribution is 6.31. The first-order valence-electron chi connectivity index (χ1n) is 9.35. The van der Waals surface area contributed by atoms with Crippen LogP contribution in [-0.2, 0) is 11.3 Å². The number of nitrogens with one attached hydrogen (secondary N) is 1. The van der Waals surface area contributed by atoms with Gasteiger partial charge in [0, 0.05) is 36.1 Å². The van der Waals surface area contributed by atoms with E-state index in [1.54, 1.807) is 18.2 Å². The molecule has 1 aromatic heterocycles. The van der Waals surface area contributed by atoms with Gasteiger partial charge >= 0.3 is 5.76 Å². The molecular weight excluding hydrogens is 389 g/mol. The van der Waals surface area contributed by atoms with Gasteiger partial charge in [-0.1, -0.05) is 18.0 Å². The van der Waals surface area contributed by atoms with Gasteiger partial charge in [-0.2, -0.15) is 0 Å². The number of rotatable bonds is 4. The van der Waals surface area contributed by atoms with Crippen LogP contribution in [0, 0.1) is 11.8 Å². The van der Waals surface area contributed by atoms with Gasteiger partial charge in [0.05, 0.1) is 5.52 Å². The van der Waals surface area contributed by atoms with Crippen LogP contribution in [0.3, 0.4) is 0 Å². The van der Waals surface area contributed by atoms with Crippen molar-refractivity contribution in [1.82, 2.24) is 9.88 Å². The van der Waals surface area contributed by atoms with E-state index in [1.165, 1.54) is 11.0 Å². The van der Waals surface area contributed by atoms with Crippen LogP contribution in [0.5, 0.6) is 0 Å². The van der Waals surface area contributed by atoms with E-state index in [1.807, 2.05) is 0 Å². The minimum Gasteiger partial charge on any atom is -0.408 e. The third-order valence-electron chi connectivity index (χ3n) is 5.90. The molecule has 0 spiro atoms. The second-order valence-corrected chi connectivity index (χ2v) is 8.09. The normalized spacial score (nSPS) is 27.2. The number of carbonyl (C=O) groups is 1. The lowest BCUT2D eigenvalue weighted by Gasteiger charge is -2.45. The smallest absolute Gasteiger partial charge is 0.408 e. The van der Waals surface area contributed by atoms with Gasteiger partial charge in [-0.15, -0.1) is 12.4 Å². The Hall–Kier alpha value is -1.50. The van der Waals surface area contributed by atoms with Crippen molar-refractivity contribution in [1.29, 1.82) is 0 Å². The van der Waals surface area contributed by atoms with Gasteiger partial charge in [0.15, 0.2) is 5.58 Å². The summed E-state index contributed by atoms with van der Waals surface area (Å²) in [4.78, 5) is 24.6. The molecule has 4 rings (SSSR count). The number of nitrogens with zero attached hydrogens (tertiary/aromatic N) is 1. The molecule has 3 N–H and O–H groups in total. The number of hydrogen-bond acceptors (Lipinski definition) is 4. The summed E-state index contributed by atoms with van der Waals surface area (Å²) in [5, 5.41) is 3.73. The third-order valence-corrected chi connectivity index (χ3v) is 6.13. The molecule has 1 aromatic carbocycles. The molecule has 2 bridgehead atoms. The van der Waals surface area contributed by atoms with Gasteiger partial charge in [0.2, 0.25) is 5.91 Å². The Kier molecular flexibility index (Phi) is 6.18. The zero-order valence-corrected chi connectivity index (χ0v) is 16.6.